The molecule has 0 bridgehead atoms. The zero-order chi connectivity index (χ0) is 4.41. The number of aromatic nitrogens is 2. The summed E-state index contributed by atoms with van der Waals surface area (Å²) in [6.45, 7) is 1.92. The molecule has 8 heavy (non-hydrogen) atoms. The molecule has 0 fully saturated rings. The number of hydrogen-bond acceptors (Lipinski definition) is 1. The molecule has 0 aliphatic heterocycles. The summed E-state index contributed by atoms with van der Waals surface area (Å²) in [5.74, 6) is 0.968. The smallest absolute Gasteiger partial charge is 0.102 e. The quantitative estimate of drug-likeness (QED) is 0.629. The molecule has 0 aliphatic carbocycles. The molecule has 0 atom stereocenters. The number of nitrogens with zero attached hydrogens (tertiary/aromatic N) is 1. The van der Waals surface area contributed by atoms with Gasteiger partial charge in [-0.3, -0.25) is 0 Å². The van der Waals surface area contributed by atoms with Crippen molar-refractivity contribution in [2.45, 2.75) is 6.92 Å². The Hall–Kier alpha value is 0.353. The molecule has 0 spiro atoms. The summed E-state index contributed by atoms with van der Waals surface area (Å²) in [5, 5.41) is 0. The van der Waals surface area contributed by atoms with Gasteiger partial charge in [-0.15, -0.1) is 0 Å². The van der Waals surface area contributed by atoms with Crippen molar-refractivity contribution in [2.24, 2.45) is 0 Å². The van der Waals surface area contributed by atoms with Crippen LogP contribution in [0.15, 0.2) is 12.4 Å². The van der Waals surface area contributed by atoms with Gasteiger partial charge in [0.25, 0.3) is 0 Å². The maximum absolute atomic E-state index is 3.86. The summed E-state index contributed by atoms with van der Waals surface area (Å²) >= 11 is 0. The van der Waals surface area contributed by atoms with Crippen LogP contribution in [0.5, 0.6) is 0 Å². The topological polar surface area (TPSA) is 28.7 Å². The van der Waals surface area contributed by atoms with Crippen LogP contribution >= 0.6 is 0 Å². The van der Waals surface area contributed by atoms with E-state index >= 15 is 0 Å². The Kier molecular flexibility index (Phi) is 7.68. The fourth-order valence-electron chi connectivity index (χ4n) is 0.344. The SMILES string of the molecule is Cc1ncc[nH]1.[Cu].[Zn]. The van der Waals surface area contributed by atoms with Crippen LogP contribution in [0.1, 0.15) is 5.82 Å². The molecule has 0 aromatic carbocycles. The molecular weight excluding hydrogens is 205 g/mol. The second-order valence-corrected chi connectivity index (χ2v) is 1.17. The molecule has 1 radical (unpaired) electrons. The maximum Gasteiger partial charge on any atom is 0.102 e. The average Bonchev–Trinajstić information content (AvgIpc) is 1.86. The Bertz CT molecular complexity index is 118. The fraction of sp³-hybridized carbons (Fsp3) is 0.250. The molecule has 1 rings (SSSR count). The molecule has 0 saturated heterocycles. The fourth-order valence-corrected chi connectivity index (χ4v) is 0.344. The Labute approximate surface area is 71.7 Å². The van der Waals surface area contributed by atoms with Crippen LogP contribution in [0.4, 0.5) is 0 Å². The number of nitrogens with one attached hydrogen (secondary N) is 1. The molecule has 0 saturated carbocycles. The average molecular weight is 211 g/mol. The van der Waals surface area contributed by atoms with Gasteiger partial charge >= 0.3 is 0 Å². The Balaban J connectivity index is 0. The van der Waals surface area contributed by atoms with Gasteiger partial charge in [0.2, 0.25) is 0 Å². The number of hydrogen-bond donors (Lipinski definition) is 1. The third kappa shape index (κ3) is 3.37. The second kappa shape index (κ2) is 5.49. The molecule has 0 unspecified atom stereocenters. The van der Waals surface area contributed by atoms with Gasteiger partial charge in [-0.25, -0.2) is 4.98 Å². The van der Waals surface area contributed by atoms with E-state index in [2.05, 4.69) is 9.97 Å². The minimum absolute atomic E-state index is 0. The Morgan fingerprint density at radius 1 is 1.62 bits per heavy atom. The molecule has 1 aromatic rings. The molecule has 4 heteroatoms. The normalized spacial score (nSPS) is 6.62. The summed E-state index contributed by atoms with van der Waals surface area (Å²) in [5.41, 5.74) is 0. The molecule has 2 nitrogen and oxygen atoms in total. The predicted octanol–water partition coefficient (Wildman–Crippen LogP) is 0.713. The maximum atomic E-state index is 3.86. The monoisotopic (exact) mass is 209 g/mol. The zero-order valence-corrected chi connectivity index (χ0v) is 8.52. The number of rotatable bonds is 0. The van der Waals surface area contributed by atoms with E-state index in [1.807, 2.05) is 6.92 Å². The summed E-state index contributed by atoms with van der Waals surface area (Å²) in [4.78, 5) is 6.75. The van der Waals surface area contributed by atoms with Crippen molar-refractivity contribution in [3.05, 3.63) is 18.2 Å². The van der Waals surface area contributed by atoms with Crippen LogP contribution in [0, 0.1) is 6.92 Å². The van der Waals surface area contributed by atoms with Crippen LogP contribution in [0.3, 0.4) is 0 Å². The first-order chi connectivity index (χ1) is 2.89. The molecule has 1 aromatic heterocycles. The first-order valence-corrected chi connectivity index (χ1v) is 1.85. The number of aryl methyl sites for hydroxylation is 1. The summed E-state index contributed by atoms with van der Waals surface area (Å²) < 4.78 is 0. The van der Waals surface area contributed by atoms with Crippen molar-refractivity contribution in [1.29, 1.82) is 0 Å². The van der Waals surface area contributed by atoms with Gasteiger partial charge in [0.15, 0.2) is 0 Å². The zero-order valence-electron chi connectivity index (χ0n) is 4.61. The van der Waals surface area contributed by atoms with Crippen LogP contribution in [-0.2, 0) is 36.5 Å². The third-order valence-electron chi connectivity index (χ3n) is 0.635. The van der Waals surface area contributed by atoms with Gasteiger partial charge in [0.05, 0.1) is 0 Å². The minimum Gasteiger partial charge on any atom is -0.349 e. The van der Waals surface area contributed by atoms with Crippen molar-refractivity contribution < 1.29 is 36.5 Å². The molecular formula is C4H6CuN2Zn. The van der Waals surface area contributed by atoms with E-state index in [4.69, 9.17) is 0 Å². The summed E-state index contributed by atoms with van der Waals surface area (Å²) in [6, 6.07) is 0. The van der Waals surface area contributed by atoms with Crippen LogP contribution in [0.25, 0.3) is 0 Å². The third-order valence-corrected chi connectivity index (χ3v) is 0.635. The van der Waals surface area contributed by atoms with Crippen molar-refractivity contribution in [1.82, 2.24) is 9.97 Å². The number of aromatic amines is 1. The summed E-state index contributed by atoms with van der Waals surface area (Å²) in [6.07, 6.45) is 3.53. The minimum atomic E-state index is 0. The van der Waals surface area contributed by atoms with E-state index < -0.39 is 0 Å². The molecule has 0 aliphatic rings. The second-order valence-electron chi connectivity index (χ2n) is 1.17. The van der Waals surface area contributed by atoms with Crippen molar-refractivity contribution in [2.75, 3.05) is 0 Å². The number of imidazole rings is 1. The molecule has 45 valence electrons. The van der Waals surface area contributed by atoms with E-state index in [0.717, 1.165) is 5.82 Å². The van der Waals surface area contributed by atoms with E-state index in [1.165, 1.54) is 0 Å². The van der Waals surface area contributed by atoms with E-state index in [-0.39, 0.29) is 36.5 Å². The van der Waals surface area contributed by atoms with Crippen LogP contribution in [0.2, 0.25) is 0 Å². The van der Waals surface area contributed by atoms with Crippen LogP contribution in [-0.4, -0.2) is 9.97 Å². The van der Waals surface area contributed by atoms with Gasteiger partial charge < -0.3 is 4.98 Å². The molecule has 0 amide bonds. The molecule has 1 N–H and O–H groups in total. The van der Waals surface area contributed by atoms with E-state index in [1.54, 1.807) is 12.4 Å². The van der Waals surface area contributed by atoms with Crippen molar-refractivity contribution in [3.63, 3.8) is 0 Å². The van der Waals surface area contributed by atoms with Gasteiger partial charge in [-0.2, -0.15) is 0 Å². The first kappa shape index (κ1) is 11.2. The molecule has 1 heterocycles. The Morgan fingerprint density at radius 2 is 2.25 bits per heavy atom. The predicted molar refractivity (Wildman–Crippen MR) is 23.3 cm³/mol. The van der Waals surface area contributed by atoms with Gasteiger partial charge in [-0.05, 0) is 6.92 Å². The van der Waals surface area contributed by atoms with Crippen molar-refractivity contribution in [3.8, 4) is 0 Å². The van der Waals surface area contributed by atoms with Crippen molar-refractivity contribution >= 4 is 0 Å². The van der Waals surface area contributed by atoms with Gasteiger partial charge in [0, 0.05) is 48.9 Å². The van der Waals surface area contributed by atoms with Gasteiger partial charge in [0.1, 0.15) is 5.82 Å². The standard InChI is InChI=1S/C4H6N2.Cu.Zn/c1-4-5-2-3-6-4;;/h2-3H,1H3,(H,5,6);;. The van der Waals surface area contributed by atoms with E-state index in [0.29, 0.717) is 0 Å². The Morgan fingerprint density at radius 3 is 2.38 bits per heavy atom. The number of H-pyrrole nitrogens is 1. The van der Waals surface area contributed by atoms with Gasteiger partial charge in [-0.1, -0.05) is 0 Å². The van der Waals surface area contributed by atoms with Crippen LogP contribution < -0.4 is 0 Å². The largest absolute Gasteiger partial charge is 0.349 e. The first-order valence-electron chi connectivity index (χ1n) is 1.85. The van der Waals surface area contributed by atoms with E-state index in [9.17, 15) is 0 Å². The summed E-state index contributed by atoms with van der Waals surface area (Å²) in [7, 11) is 0.